The summed E-state index contributed by atoms with van der Waals surface area (Å²) in [4.78, 5) is 9.39. The SMILES string of the molecule is [2H]c1c([2H])c([2H])c(-c2c(-[n+]3[c-]n(-c4[c-]c(Oc5[c-]c6c(cc5)c5ccccc5n6-c5cc(C(C)(C)C)ccn5)ccn4)cc3)cc(C(C)(C)C)cc2C(C)(C)C)c([2H])c1[2H].[Pt]. The van der Waals surface area contributed by atoms with Gasteiger partial charge in [-0.15, -0.1) is 17.5 Å². The number of benzene rings is 4. The average Bonchev–Trinajstić information content (AvgIpc) is 3.82. The summed E-state index contributed by atoms with van der Waals surface area (Å²) in [5.74, 6) is 2.13. The molecular weight excluding hydrogens is 870 g/mol. The van der Waals surface area contributed by atoms with E-state index >= 15 is 0 Å². The molecular formula is C49H47N5OPt-2. The van der Waals surface area contributed by atoms with Crippen LogP contribution in [0.15, 0.2) is 122 Å². The number of imidazole rings is 1. The fourth-order valence-electron chi connectivity index (χ4n) is 6.89. The molecule has 0 aliphatic carbocycles. The molecule has 8 aromatic rings. The molecule has 7 heteroatoms. The van der Waals surface area contributed by atoms with E-state index in [1.54, 1.807) is 27.6 Å². The minimum absolute atomic E-state index is 0. The zero-order valence-electron chi connectivity index (χ0n) is 38.1. The number of rotatable bonds is 6. The predicted molar refractivity (Wildman–Crippen MR) is 222 cm³/mol. The Kier molecular flexibility index (Phi) is 8.59. The van der Waals surface area contributed by atoms with Crippen molar-refractivity contribution in [2.24, 2.45) is 0 Å². The van der Waals surface area contributed by atoms with E-state index in [2.05, 4.69) is 121 Å². The summed E-state index contributed by atoms with van der Waals surface area (Å²) < 4.78 is 55.4. The van der Waals surface area contributed by atoms with Crippen LogP contribution >= 0.6 is 0 Å². The van der Waals surface area contributed by atoms with Gasteiger partial charge in [-0.25, -0.2) is 4.98 Å². The summed E-state index contributed by atoms with van der Waals surface area (Å²) in [7, 11) is 0. The van der Waals surface area contributed by atoms with Gasteiger partial charge in [0.25, 0.3) is 6.33 Å². The van der Waals surface area contributed by atoms with Crippen LogP contribution in [0, 0.1) is 18.5 Å². The number of pyridine rings is 2. The molecule has 56 heavy (non-hydrogen) atoms. The van der Waals surface area contributed by atoms with E-state index in [9.17, 15) is 0 Å². The van der Waals surface area contributed by atoms with Gasteiger partial charge in [-0.2, -0.15) is 18.2 Å². The normalized spacial score (nSPS) is 13.5. The minimum atomic E-state index is -0.459. The van der Waals surface area contributed by atoms with Gasteiger partial charge in [0.05, 0.1) is 18.4 Å². The molecule has 0 atom stereocenters. The molecule has 0 saturated heterocycles. The first-order chi connectivity index (χ1) is 28.2. The molecule has 0 saturated carbocycles. The van der Waals surface area contributed by atoms with Crippen LogP contribution < -0.4 is 9.30 Å². The molecule has 0 bridgehead atoms. The number of hydrogen-bond donors (Lipinski definition) is 0. The third-order valence-corrected chi connectivity index (χ3v) is 9.88. The maximum atomic E-state index is 8.99. The molecule has 8 rings (SSSR count). The van der Waals surface area contributed by atoms with E-state index in [4.69, 9.17) is 16.6 Å². The van der Waals surface area contributed by atoms with Gasteiger partial charge < -0.3 is 9.30 Å². The number of para-hydroxylation sites is 1. The zero-order chi connectivity index (χ0) is 43.1. The molecule has 0 fully saturated rings. The third-order valence-electron chi connectivity index (χ3n) is 9.88. The van der Waals surface area contributed by atoms with Gasteiger partial charge in [-0.1, -0.05) is 129 Å². The molecule has 0 unspecified atom stereocenters. The van der Waals surface area contributed by atoms with Gasteiger partial charge in [-0.3, -0.25) is 14.1 Å². The maximum absolute atomic E-state index is 8.99. The van der Waals surface area contributed by atoms with Crippen molar-refractivity contribution in [3.05, 3.63) is 157 Å². The van der Waals surface area contributed by atoms with Gasteiger partial charge in [0, 0.05) is 50.9 Å². The van der Waals surface area contributed by atoms with E-state index in [0.29, 0.717) is 28.6 Å². The van der Waals surface area contributed by atoms with Crippen LogP contribution in [0.2, 0.25) is 0 Å². The van der Waals surface area contributed by atoms with Gasteiger partial charge in [0.2, 0.25) is 0 Å². The molecule has 4 aromatic heterocycles. The number of nitrogens with zero attached hydrogens (tertiary/aromatic N) is 5. The van der Waals surface area contributed by atoms with E-state index in [-0.39, 0.29) is 61.6 Å². The first-order valence-electron chi connectivity index (χ1n) is 21.0. The van der Waals surface area contributed by atoms with Crippen molar-refractivity contribution >= 4 is 21.8 Å². The van der Waals surface area contributed by atoms with E-state index < -0.39 is 11.5 Å². The fraction of sp³-hybridized carbons (Fsp3) is 0.245. The Bertz CT molecular complexity index is 2960. The second-order valence-corrected chi connectivity index (χ2v) is 17.0. The second-order valence-electron chi connectivity index (χ2n) is 17.0. The topological polar surface area (TPSA) is 48.8 Å². The Morgan fingerprint density at radius 1 is 0.714 bits per heavy atom. The summed E-state index contributed by atoms with van der Waals surface area (Å²) in [6.45, 7) is 19.2. The van der Waals surface area contributed by atoms with Crippen LogP contribution in [0.3, 0.4) is 0 Å². The summed E-state index contributed by atoms with van der Waals surface area (Å²) in [5.41, 5.74) is 5.43. The standard InChI is InChI=1S/C49H47N5O.Pt/c1-47(2,3)34-21-23-51-45(29-34)54-41-18-14-13-17-38(41)39-20-19-36(30-42(39)54)55-37-22-24-50-44(31-37)53-26-25-52(32-53)43-28-35(48(4,5)6)27-40(49(7,8)9)46(43)33-15-11-10-12-16-33;/h10-29H,1-9H3;/q-2;/i10D,11D,12D,15D,16D;. The summed E-state index contributed by atoms with van der Waals surface area (Å²) in [6, 6.07) is 27.3. The van der Waals surface area contributed by atoms with Crippen molar-refractivity contribution in [1.82, 2.24) is 19.1 Å². The molecule has 0 aliphatic heterocycles. The van der Waals surface area contributed by atoms with Gasteiger partial charge in [0.1, 0.15) is 5.82 Å². The predicted octanol–water partition coefficient (Wildman–Crippen LogP) is 11.4. The van der Waals surface area contributed by atoms with Crippen molar-refractivity contribution in [2.45, 2.75) is 78.6 Å². The van der Waals surface area contributed by atoms with Crippen LogP contribution in [0.1, 0.15) is 85.9 Å². The van der Waals surface area contributed by atoms with E-state index in [1.165, 1.54) is 5.56 Å². The Morgan fingerprint density at radius 2 is 1.43 bits per heavy atom. The number of aromatic nitrogens is 5. The molecule has 0 radical (unpaired) electrons. The van der Waals surface area contributed by atoms with Crippen LogP contribution in [0.25, 0.3) is 50.3 Å². The summed E-state index contributed by atoms with van der Waals surface area (Å²) in [5, 5.41) is 2.12. The third kappa shape index (κ3) is 7.47. The van der Waals surface area contributed by atoms with Crippen molar-refractivity contribution in [3.8, 4) is 39.9 Å². The first-order valence-corrected chi connectivity index (χ1v) is 18.5. The van der Waals surface area contributed by atoms with Crippen LogP contribution in [0.5, 0.6) is 11.5 Å². The number of fused-ring (bicyclic) bond motifs is 3. The molecule has 0 amide bonds. The number of hydrogen-bond acceptors (Lipinski definition) is 3. The van der Waals surface area contributed by atoms with E-state index in [0.717, 1.165) is 38.8 Å². The van der Waals surface area contributed by atoms with Crippen molar-refractivity contribution < 1.29 is 37.2 Å². The molecule has 286 valence electrons. The van der Waals surface area contributed by atoms with Crippen LogP contribution in [-0.4, -0.2) is 19.1 Å². The second kappa shape index (κ2) is 14.6. The molecule has 0 spiro atoms. The molecule has 0 N–H and O–H groups in total. The zero-order valence-corrected chi connectivity index (χ0v) is 35.4. The Balaban J connectivity index is 0.00000561. The van der Waals surface area contributed by atoms with Crippen molar-refractivity contribution in [2.75, 3.05) is 0 Å². The van der Waals surface area contributed by atoms with Crippen molar-refractivity contribution in [3.63, 3.8) is 0 Å². The smallest absolute Gasteiger partial charge is 0.268 e. The summed E-state index contributed by atoms with van der Waals surface area (Å²) >= 11 is 0. The van der Waals surface area contributed by atoms with Crippen LogP contribution in [0.4, 0.5) is 0 Å². The molecule has 0 aliphatic rings. The largest absolute Gasteiger partial charge is 0.522 e. The Labute approximate surface area is 352 Å². The van der Waals surface area contributed by atoms with Gasteiger partial charge in [0.15, 0.2) is 0 Å². The Hall–Kier alpha value is -5.32. The number of ether oxygens (including phenoxy) is 1. The quantitative estimate of drug-likeness (QED) is 0.123. The minimum Gasteiger partial charge on any atom is -0.522 e. The Morgan fingerprint density at radius 3 is 2.16 bits per heavy atom. The molecule has 4 aromatic carbocycles. The van der Waals surface area contributed by atoms with Crippen molar-refractivity contribution in [1.29, 1.82) is 0 Å². The maximum Gasteiger partial charge on any atom is 0.268 e. The first kappa shape index (κ1) is 32.9. The van der Waals surface area contributed by atoms with Crippen LogP contribution in [-0.2, 0) is 37.3 Å². The summed E-state index contributed by atoms with van der Waals surface area (Å²) in [6.07, 6.45) is 10.5. The molecule has 4 heterocycles. The molecule has 6 nitrogen and oxygen atoms in total. The monoisotopic (exact) mass is 921 g/mol. The average molecular weight is 922 g/mol. The van der Waals surface area contributed by atoms with E-state index in [1.807, 2.05) is 42.7 Å². The van der Waals surface area contributed by atoms with Gasteiger partial charge >= 0.3 is 0 Å². The van der Waals surface area contributed by atoms with Gasteiger partial charge in [-0.05, 0) is 79.5 Å². The fourth-order valence-corrected chi connectivity index (χ4v) is 6.89.